The third kappa shape index (κ3) is 3.06. The summed E-state index contributed by atoms with van der Waals surface area (Å²) in [5.41, 5.74) is 2.33. The Hall–Kier alpha value is -0.870. The Morgan fingerprint density at radius 3 is 2.44 bits per heavy atom. The molecule has 1 aliphatic rings. The average Bonchev–Trinajstić information content (AvgIpc) is 2.30. The van der Waals surface area contributed by atoms with E-state index in [-0.39, 0.29) is 0 Å². The van der Waals surface area contributed by atoms with Crippen molar-refractivity contribution in [3.05, 3.63) is 29.8 Å². The van der Waals surface area contributed by atoms with Gasteiger partial charge in [0.15, 0.2) is 0 Å². The van der Waals surface area contributed by atoms with E-state index in [0.29, 0.717) is 5.92 Å². The molecule has 0 saturated carbocycles. The van der Waals surface area contributed by atoms with Crippen molar-refractivity contribution in [2.75, 3.05) is 24.1 Å². The largest absolute Gasteiger partial charge is 0.317 e. The zero-order valence-corrected chi connectivity index (χ0v) is 10.3. The normalized spacial score (nSPS) is 19.3. The molecule has 88 valence electrons. The summed E-state index contributed by atoms with van der Waals surface area (Å²) in [6, 6.07) is 8.31. The SMILES string of the molecule is CS(=O)Nc1ccc(C2CCNCC2)cc1. The Bertz CT molecular complexity index is 358. The van der Waals surface area contributed by atoms with E-state index in [1.165, 1.54) is 18.4 Å². The zero-order chi connectivity index (χ0) is 11.4. The molecule has 0 spiro atoms. The van der Waals surface area contributed by atoms with E-state index >= 15 is 0 Å². The van der Waals surface area contributed by atoms with Crippen LogP contribution in [0.15, 0.2) is 24.3 Å². The molecule has 0 aliphatic carbocycles. The topological polar surface area (TPSA) is 41.1 Å². The summed E-state index contributed by atoms with van der Waals surface area (Å²) in [7, 11) is -0.988. The molecule has 0 bridgehead atoms. The minimum Gasteiger partial charge on any atom is -0.317 e. The Balaban J connectivity index is 2.03. The average molecular weight is 238 g/mol. The fourth-order valence-electron chi connectivity index (χ4n) is 2.14. The fourth-order valence-corrected chi connectivity index (χ4v) is 2.61. The van der Waals surface area contributed by atoms with E-state index in [1.54, 1.807) is 6.26 Å². The van der Waals surface area contributed by atoms with Gasteiger partial charge in [-0.3, -0.25) is 0 Å². The number of nitrogens with one attached hydrogen (secondary N) is 2. The van der Waals surface area contributed by atoms with Crippen molar-refractivity contribution in [1.82, 2.24) is 5.32 Å². The van der Waals surface area contributed by atoms with Crippen LogP contribution in [0.3, 0.4) is 0 Å². The lowest BCUT2D eigenvalue weighted by Gasteiger charge is -2.23. The van der Waals surface area contributed by atoms with Gasteiger partial charge in [-0.1, -0.05) is 12.1 Å². The first kappa shape index (κ1) is 11.6. The summed E-state index contributed by atoms with van der Waals surface area (Å²) in [6.07, 6.45) is 4.07. The van der Waals surface area contributed by atoms with Gasteiger partial charge in [-0.2, -0.15) is 0 Å². The molecule has 1 fully saturated rings. The molecule has 16 heavy (non-hydrogen) atoms. The van der Waals surface area contributed by atoms with Gasteiger partial charge in [-0.25, -0.2) is 4.21 Å². The van der Waals surface area contributed by atoms with Crippen molar-refractivity contribution in [2.45, 2.75) is 18.8 Å². The van der Waals surface area contributed by atoms with Crippen LogP contribution in [-0.4, -0.2) is 23.6 Å². The lowest BCUT2D eigenvalue weighted by atomic mass is 9.90. The molecular formula is C12H18N2OS. The summed E-state index contributed by atoms with van der Waals surface area (Å²) in [4.78, 5) is 0. The van der Waals surface area contributed by atoms with Crippen LogP contribution in [0.4, 0.5) is 5.69 Å². The minimum absolute atomic E-state index is 0.683. The molecule has 1 heterocycles. The zero-order valence-electron chi connectivity index (χ0n) is 9.53. The standard InChI is InChI=1S/C12H18N2OS/c1-16(15)14-12-4-2-10(3-5-12)11-6-8-13-9-7-11/h2-5,11,13-14H,6-9H2,1H3. The number of piperidine rings is 1. The first-order valence-corrected chi connectivity index (χ1v) is 7.22. The minimum atomic E-state index is -0.988. The van der Waals surface area contributed by atoms with Gasteiger partial charge in [0.05, 0.1) is 0 Å². The van der Waals surface area contributed by atoms with Crippen molar-refractivity contribution in [2.24, 2.45) is 0 Å². The van der Waals surface area contributed by atoms with Crippen LogP contribution in [0, 0.1) is 0 Å². The summed E-state index contributed by atoms with van der Waals surface area (Å²) in [6.45, 7) is 2.23. The van der Waals surface area contributed by atoms with Gasteiger partial charge in [-0.15, -0.1) is 0 Å². The van der Waals surface area contributed by atoms with Gasteiger partial charge in [0.25, 0.3) is 0 Å². The van der Waals surface area contributed by atoms with Crippen molar-refractivity contribution >= 4 is 16.7 Å². The molecule has 1 atom stereocenters. The highest BCUT2D eigenvalue weighted by Gasteiger charge is 2.14. The van der Waals surface area contributed by atoms with Crippen LogP contribution in [0.1, 0.15) is 24.3 Å². The highest BCUT2D eigenvalue weighted by atomic mass is 32.2. The van der Waals surface area contributed by atoms with Crippen LogP contribution in [0.2, 0.25) is 0 Å². The molecular weight excluding hydrogens is 220 g/mol. The number of benzene rings is 1. The second kappa shape index (κ2) is 5.46. The van der Waals surface area contributed by atoms with Crippen molar-refractivity contribution in [3.63, 3.8) is 0 Å². The fraction of sp³-hybridized carbons (Fsp3) is 0.500. The molecule has 0 amide bonds. The number of rotatable bonds is 3. The van der Waals surface area contributed by atoms with Gasteiger partial charge in [-0.05, 0) is 49.5 Å². The van der Waals surface area contributed by atoms with Crippen LogP contribution in [0.25, 0.3) is 0 Å². The lowest BCUT2D eigenvalue weighted by molar-refractivity contribution is 0.460. The van der Waals surface area contributed by atoms with E-state index in [0.717, 1.165) is 18.8 Å². The number of anilines is 1. The molecule has 3 nitrogen and oxygen atoms in total. The monoisotopic (exact) mass is 238 g/mol. The number of hydrogen-bond acceptors (Lipinski definition) is 2. The smallest absolute Gasteiger partial charge is 0.113 e. The summed E-state index contributed by atoms with van der Waals surface area (Å²) in [5, 5.41) is 3.37. The maximum absolute atomic E-state index is 11.0. The summed E-state index contributed by atoms with van der Waals surface area (Å²) < 4.78 is 13.9. The van der Waals surface area contributed by atoms with Gasteiger partial charge < -0.3 is 10.0 Å². The predicted octanol–water partition coefficient (Wildman–Crippen LogP) is 1.86. The van der Waals surface area contributed by atoms with Crippen LogP contribution >= 0.6 is 0 Å². The van der Waals surface area contributed by atoms with E-state index in [4.69, 9.17) is 0 Å². The Morgan fingerprint density at radius 1 is 1.25 bits per heavy atom. The molecule has 1 aliphatic heterocycles. The summed E-state index contributed by atoms with van der Waals surface area (Å²) in [5.74, 6) is 0.683. The van der Waals surface area contributed by atoms with Gasteiger partial charge in [0, 0.05) is 11.9 Å². The third-order valence-corrected chi connectivity index (χ3v) is 3.51. The van der Waals surface area contributed by atoms with E-state index in [9.17, 15) is 4.21 Å². The van der Waals surface area contributed by atoms with Crippen LogP contribution < -0.4 is 10.0 Å². The Morgan fingerprint density at radius 2 is 1.88 bits per heavy atom. The maximum atomic E-state index is 11.0. The molecule has 2 N–H and O–H groups in total. The quantitative estimate of drug-likeness (QED) is 0.844. The van der Waals surface area contributed by atoms with E-state index in [2.05, 4.69) is 22.2 Å². The van der Waals surface area contributed by atoms with Gasteiger partial charge in [0.2, 0.25) is 0 Å². The Kier molecular flexibility index (Phi) is 3.96. The predicted molar refractivity (Wildman–Crippen MR) is 69.0 cm³/mol. The van der Waals surface area contributed by atoms with Crippen molar-refractivity contribution in [1.29, 1.82) is 0 Å². The Labute approximate surface area is 99.2 Å². The van der Waals surface area contributed by atoms with Gasteiger partial charge >= 0.3 is 0 Å². The molecule has 0 aromatic heterocycles. The molecule has 0 radical (unpaired) electrons. The second-order valence-electron chi connectivity index (χ2n) is 4.20. The third-order valence-electron chi connectivity index (χ3n) is 2.98. The molecule has 1 aromatic carbocycles. The van der Waals surface area contributed by atoms with Crippen molar-refractivity contribution < 1.29 is 4.21 Å². The van der Waals surface area contributed by atoms with Crippen LogP contribution in [-0.2, 0) is 11.0 Å². The first-order chi connectivity index (χ1) is 7.75. The second-order valence-corrected chi connectivity index (χ2v) is 5.31. The molecule has 1 aromatic rings. The molecule has 4 heteroatoms. The molecule has 1 unspecified atom stereocenters. The molecule has 1 saturated heterocycles. The van der Waals surface area contributed by atoms with Crippen LogP contribution in [0.5, 0.6) is 0 Å². The first-order valence-electron chi connectivity index (χ1n) is 5.66. The molecule has 2 rings (SSSR count). The maximum Gasteiger partial charge on any atom is 0.113 e. The summed E-state index contributed by atoms with van der Waals surface area (Å²) >= 11 is 0. The lowest BCUT2D eigenvalue weighted by Crippen LogP contribution is -2.26. The van der Waals surface area contributed by atoms with Crippen molar-refractivity contribution in [3.8, 4) is 0 Å². The van der Waals surface area contributed by atoms with Gasteiger partial charge in [0.1, 0.15) is 11.0 Å². The highest BCUT2D eigenvalue weighted by Crippen LogP contribution is 2.26. The highest BCUT2D eigenvalue weighted by molar-refractivity contribution is 7.85. The number of hydrogen-bond donors (Lipinski definition) is 2. The van der Waals surface area contributed by atoms with E-state index in [1.807, 2.05) is 12.1 Å². The van der Waals surface area contributed by atoms with E-state index < -0.39 is 11.0 Å².